The van der Waals surface area contributed by atoms with E-state index in [4.69, 9.17) is 17.3 Å². The molecule has 0 aliphatic carbocycles. The summed E-state index contributed by atoms with van der Waals surface area (Å²) in [4.78, 5) is 7.54. The molecule has 0 aliphatic heterocycles. The van der Waals surface area contributed by atoms with Crippen molar-refractivity contribution in [3.8, 4) is 0 Å². The van der Waals surface area contributed by atoms with E-state index in [-0.39, 0.29) is 16.0 Å². The van der Waals surface area contributed by atoms with Crippen molar-refractivity contribution in [1.82, 2.24) is 9.97 Å². The summed E-state index contributed by atoms with van der Waals surface area (Å²) >= 11 is 5.60. The fourth-order valence-corrected chi connectivity index (χ4v) is 2.92. The van der Waals surface area contributed by atoms with E-state index >= 15 is 0 Å². The Morgan fingerprint density at radius 2 is 2.05 bits per heavy atom. The van der Waals surface area contributed by atoms with Crippen molar-refractivity contribution in [2.45, 2.75) is 11.8 Å². The van der Waals surface area contributed by atoms with Gasteiger partial charge in [0, 0.05) is 11.9 Å². The van der Waals surface area contributed by atoms with Gasteiger partial charge in [0.15, 0.2) is 0 Å². The number of nitrogens with one attached hydrogen (secondary N) is 1. The lowest BCUT2D eigenvalue weighted by molar-refractivity contribution is 0.600. The molecule has 1 heterocycles. The first-order valence-corrected chi connectivity index (χ1v) is 7.12. The molecule has 0 aliphatic rings. The summed E-state index contributed by atoms with van der Waals surface area (Å²) in [5, 5.41) is -0.0375. The van der Waals surface area contributed by atoms with E-state index in [0.717, 1.165) is 0 Å². The van der Waals surface area contributed by atoms with Crippen LogP contribution in [0.5, 0.6) is 0 Å². The fraction of sp³-hybridized carbons (Fsp3) is 0.0909. The lowest BCUT2D eigenvalue weighted by Gasteiger charge is -2.10. The molecule has 1 aromatic heterocycles. The molecule has 0 radical (unpaired) electrons. The zero-order chi connectivity index (χ0) is 14.0. The van der Waals surface area contributed by atoms with Gasteiger partial charge in [0.25, 0.3) is 10.0 Å². The van der Waals surface area contributed by atoms with Crippen molar-refractivity contribution in [3.63, 3.8) is 0 Å². The molecule has 0 fully saturated rings. The number of nitrogens with two attached hydrogens (primary N) is 1. The molecule has 0 saturated heterocycles. The molecule has 0 atom stereocenters. The molecule has 0 unspecified atom stereocenters. The van der Waals surface area contributed by atoms with Gasteiger partial charge >= 0.3 is 0 Å². The third-order valence-electron chi connectivity index (χ3n) is 2.37. The highest BCUT2D eigenvalue weighted by molar-refractivity contribution is 7.92. The number of hydrogen-bond donors (Lipinski definition) is 2. The number of anilines is 2. The highest BCUT2D eigenvalue weighted by atomic mass is 35.5. The number of aryl methyl sites for hydroxylation is 1. The van der Waals surface area contributed by atoms with Gasteiger partial charge in [-0.15, -0.1) is 0 Å². The van der Waals surface area contributed by atoms with Crippen LogP contribution in [0.1, 0.15) is 5.56 Å². The van der Waals surface area contributed by atoms with E-state index in [2.05, 4.69) is 14.7 Å². The first-order chi connectivity index (χ1) is 8.88. The van der Waals surface area contributed by atoms with Crippen LogP contribution in [0.25, 0.3) is 0 Å². The van der Waals surface area contributed by atoms with Crippen molar-refractivity contribution >= 4 is 33.1 Å². The highest BCUT2D eigenvalue weighted by Gasteiger charge is 2.18. The Labute approximate surface area is 115 Å². The molecule has 0 bridgehead atoms. The van der Waals surface area contributed by atoms with Gasteiger partial charge in [0.05, 0.1) is 4.90 Å². The molecule has 0 amide bonds. The minimum atomic E-state index is -3.76. The zero-order valence-electron chi connectivity index (χ0n) is 9.96. The second kappa shape index (κ2) is 5.02. The van der Waals surface area contributed by atoms with Gasteiger partial charge in [-0.2, -0.15) is 4.98 Å². The van der Waals surface area contributed by atoms with Crippen LogP contribution in [0.2, 0.25) is 5.28 Å². The maximum Gasteiger partial charge on any atom is 0.263 e. The molecule has 6 nitrogen and oxygen atoms in total. The van der Waals surface area contributed by atoms with E-state index in [1.807, 2.05) is 0 Å². The van der Waals surface area contributed by atoms with Gasteiger partial charge in [-0.1, -0.05) is 6.07 Å². The van der Waals surface area contributed by atoms with Crippen LogP contribution in [0.3, 0.4) is 0 Å². The average Bonchev–Trinajstić information content (AvgIpc) is 2.31. The molecule has 8 heteroatoms. The number of nitrogens with zero attached hydrogens (tertiary/aromatic N) is 2. The van der Waals surface area contributed by atoms with Gasteiger partial charge in [-0.3, -0.25) is 4.72 Å². The van der Waals surface area contributed by atoms with E-state index in [9.17, 15) is 8.42 Å². The maximum absolute atomic E-state index is 12.2. The van der Waals surface area contributed by atoms with Crippen molar-refractivity contribution in [2.75, 3.05) is 10.5 Å². The van der Waals surface area contributed by atoms with Crippen LogP contribution in [0.4, 0.5) is 11.5 Å². The van der Waals surface area contributed by atoms with Crippen molar-refractivity contribution in [1.29, 1.82) is 0 Å². The summed E-state index contributed by atoms with van der Waals surface area (Å²) in [6.45, 7) is 1.68. The number of aromatic nitrogens is 2. The Hall–Kier alpha value is -1.86. The topological polar surface area (TPSA) is 98.0 Å². The smallest absolute Gasteiger partial charge is 0.263 e. The lowest BCUT2D eigenvalue weighted by atomic mass is 10.2. The molecule has 1 aromatic carbocycles. The number of rotatable bonds is 3. The molecule has 3 N–H and O–H groups in total. The highest BCUT2D eigenvalue weighted by Crippen LogP contribution is 2.21. The normalized spacial score (nSPS) is 11.3. The second-order valence-electron chi connectivity index (χ2n) is 3.84. The Kier molecular flexibility index (Phi) is 3.59. The molecular formula is C11H11ClN4O2S. The Balaban J connectivity index is 2.40. The standard InChI is InChI=1S/C11H11ClN4O2S/c1-7-2-3-8(13)6-9(7)19(17,18)16-10-4-5-14-11(12)15-10/h2-6H,13H2,1H3,(H,14,15,16). The van der Waals surface area contributed by atoms with Crippen LogP contribution in [0.15, 0.2) is 35.4 Å². The predicted molar refractivity (Wildman–Crippen MR) is 73.4 cm³/mol. The summed E-state index contributed by atoms with van der Waals surface area (Å²) in [6, 6.07) is 6.07. The average molecular weight is 299 g/mol. The molecule has 0 spiro atoms. The van der Waals surface area contributed by atoms with E-state index in [1.165, 1.54) is 18.3 Å². The van der Waals surface area contributed by atoms with Gasteiger partial charge < -0.3 is 5.73 Å². The van der Waals surface area contributed by atoms with Crippen molar-refractivity contribution < 1.29 is 8.42 Å². The summed E-state index contributed by atoms with van der Waals surface area (Å²) < 4.78 is 26.8. The number of nitrogen functional groups attached to an aromatic ring is 1. The first-order valence-electron chi connectivity index (χ1n) is 5.26. The molecular weight excluding hydrogens is 288 g/mol. The monoisotopic (exact) mass is 298 g/mol. The number of benzene rings is 1. The van der Waals surface area contributed by atoms with Crippen LogP contribution < -0.4 is 10.5 Å². The number of hydrogen-bond acceptors (Lipinski definition) is 5. The summed E-state index contributed by atoms with van der Waals surface area (Å²) in [5.74, 6) is 0.0989. The van der Waals surface area contributed by atoms with Gasteiger partial charge in [-0.05, 0) is 42.3 Å². The Bertz CT molecular complexity index is 718. The van der Waals surface area contributed by atoms with Crippen LogP contribution in [-0.2, 0) is 10.0 Å². The summed E-state index contributed by atoms with van der Waals surface area (Å²) in [7, 11) is -3.76. The SMILES string of the molecule is Cc1ccc(N)cc1S(=O)(=O)Nc1ccnc(Cl)n1. The Morgan fingerprint density at radius 3 is 2.74 bits per heavy atom. The van der Waals surface area contributed by atoms with Gasteiger partial charge in [0.1, 0.15) is 5.82 Å². The molecule has 2 aromatic rings. The van der Waals surface area contributed by atoms with Crippen LogP contribution in [-0.4, -0.2) is 18.4 Å². The minimum absolute atomic E-state index is 0.0375. The number of sulfonamides is 1. The third kappa shape index (κ3) is 3.12. The number of halogens is 1. The maximum atomic E-state index is 12.2. The van der Waals surface area contributed by atoms with Gasteiger partial charge in [-0.25, -0.2) is 13.4 Å². The predicted octanol–water partition coefficient (Wildman–Crippen LogP) is 1.82. The summed E-state index contributed by atoms with van der Waals surface area (Å²) in [5.41, 5.74) is 6.56. The van der Waals surface area contributed by atoms with E-state index in [1.54, 1.807) is 19.1 Å². The first kappa shape index (κ1) is 13.6. The molecule has 100 valence electrons. The summed E-state index contributed by atoms with van der Waals surface area (Å²) in [6.07, 6.45) is 1.36. The van der Waals surface area contributed by atoms with Crippen LogP contribution >= 0.6 is 11.6 Å². The second-order valence-corrected chi connectivity index (χ2v) is 5.83. The third-order valence-corrected chi connectivity index (χ3v) is 4.05. The van der Waals surface area contributed by atoms with E-state index < -0.39 is 10.0 Å². The molecule has 19 heavy (non-hydrogen) atoms. The minimum Gasteiger partial charge on any atom is -0.399 e. The largest absolute Gasteiger partial charge is 0.399 e. The fourth-order valence-electron chi connectivity index (χ4n) is 1.49. The van der Waals surface area contributed by atoms with E-state index in [0.29, 0.717) is 11.3 Å². The molecule has 0 saturated carbocycles. The quantitative estimate of drug-likeness (QED) is 0.665. The Morgan fingerprint density at radius 1 is 1.32 bits per heavy atom. The molecule has 2 rings (SSSR count). The van der Waals surface area contributed by atoms with Crippen molar-refractivity contribution in [3.05, 3.63) is 41.3 Å². The lowest BCUT2D eigenvalue weighted by Crippen LogP contribution is -2.15. The van der Waals surface area contributed by atoms with Gasteiger partial charge in [0.2, 0.25) is 5.28 Å². The van der Waals surface area contributed by atoms with Crippen molar-refractivity contribution in [2.24, 2.45) is 0 Å². The zero-order valence-corrected chi connectivity index (χ0v) is 11.5. The van der Waals surface area contributed by atoms with Crippen LogP contribution in [0, 0.1) is 6.92 Å².